The van der Waals surface area contributed by atoms with Gasteiger partial charge in [-0.1, -0.05) is 38.5 Å². The number of hydrogen-bond acceptors (Lipinski definition) is 4. The summed E-state index contributed by atoms with van der Waals surface area (Å²) in [5, 5.41) is 11.7. The van der Waals surface area contributed by atoms with Gasteiger partial charge in [0.2, 0.25) is 0 Å². The molecule has 1 aromatic heterocycles. The Hall–Kier alpha value is -2.76. The lowest BCUT2D eigenvalue weighted by Gasteiger charge is -2.19. The number of carboxylic acid groups (broad SMARTS) is 1. The molecule has 0 fully saturated rings. The summed E-state index contributed by atoms with van der Waals surface area (Å²) in [7, 11) is 0. The van der Waals surface area contributed by atoms with E-state index < -0.39 is 17.9 Å². The Bertz CT molecular complexity index is 665. The first-order valence-corrected chi connectivity index (χ1v) is 7.37. The summed E-state index contributed by atoms with van der Waals surface area (Å²) in [6.07, 6.45) is 0.637. The highest BCUT2D eigenvalue weighted by Gasteiger charge is 2.27. The monoisotopic (exact) mass is 317 g/mol. The van der Waals surface area contributed by atoms with Crippen molar-refractivity contribution >= 4 is 11.9 Å². The lowest BCUT2D eigenvalue weighted by Crippen LogP contribution is -2.44. The molecule has 2 unspecified atom stereocenters. The van der Waals surface area contributed by atoms with E-state index >= 15 is 0 Å². The first kappa shape index (κ1) is 16.6. The lowest BCUT2D eigenvalue weighted by molar-refractivity contribution is -0.140. The SMILES string of the molecule is CCC(C)C(NC(=O)c1ccc(Oc2ccccc2)o1)C(=O)O. The molecule has 0 bridgehead atoms. The van der Waals surface area contributed by atoms with Gasteiger partial charge in [0.15, 0.2) is 5.76 Å². The van der Waals surface area contributed by atoms with Crippen LogP contribution in [0.4, 0.5) is 0 Å². The van der Waals surface area contributed by atoms with E-state index in [2.05, 4.69) is 5.32 Å². The Morgan fingerprint density at radius 3 is 2.52 bits per heavy atom. The molecule has 1 aromatic carbocycles. The van der Waals surface area contributed by atoms with Crippen LogP contribution in [0.5, 0.6) is 11.7 Å². The van der Waals surface area contributed by atoms with Crippen molar-refractivity contribution < 1.29 is 23.8 Å². The summed E-state index contributed by atoms with van der Waals surface area (Å²) < 4.78 is 10.8. The largest absolute Gasteiger partial charge is 0.480 e. The number of benzene rings is 1. The van der Waals surface area contributed by atoms with Gasteiger partial charge < -0.3 is 19.6 Å². The zero-order valence-electron chi connectivity index (χ0n) is 13.0. The number of ether oxygens (including phenoxy) is 1. The van der Waals surface area contributed by atoms with Crippen molar-refractivity contribution in [3.05, 3.63) is 48.2 Å². The molecular formula is C17H19NO5. The minimum Gasteiger partial charge on any atom is -0.480 e. The molecule has 0 spiro atoms. The Labute approximate surface area is 134 Å². The third-order valence-corrected chi connectivity index (χ3v) is 3.53. The highest BCUT2D eigenvalue weighted by molar-refractivity contribution is 5.94. The van der Waals surface area contributed by atoms with Crippen molar-refractivity contribution in [2.75, 3.05) is 0 Å². The second kappa shape index (κ2) is 7.49. The smallest absolute Gasteiger partial charge is 0.326 e. The minimum atomic E-state index is -1.07. The van der Waals surface area contributed by atoms with E-state index in [0.29, 0.717) is 12.2 Å². The second-order valence-corrected chi connectivity index (χ2v) is 5.21. The topological polar surface area (TPSA) is 88.8 Å². The van der Waals surface area contributed by atoms with Crippen molar-refractivity contribution in [2.24, 2.45) is 5.92 Å². The maximum absolute atomic E-state index is 12.1. The summed E-state index contributed by atoms with van der Waals surface area (Å²) in [5.74, 6) is -1.09. The molecule has 0 radical (unpaired) electrons. The number of rotatable bonds is 7. The summed E-state index contributed by atoms with van der Waals surface area (Å²) in [4.78, 5) is 23.4. The predicted molar refractivity (Wildman–Crippen MR) is 83.6 cm³/mol. The Kier molecular flexibility index (Phi) is 5.41. The van der Waals surface area contributed by atoms with Crippen molar-refractivity contribution in [2.45, 2.75) is 26.3 Å². The van der Waals surface area contributed by atoms with Crippen LogP contribution in [-0.4, -0.2) is 23.0 Å². The highest BCUT2D eigenvalue weighted by atomic mass is 16.6. The molecule has 6 nitrogen and oxygen atoms in total. The van der Waals surface area contributed by atoms with E-state index in [9.17, 15) is 14.7 Å². The van der Waals surface area contributed by atoms with Gasteiger partial charge in [-0.15, -0.1) is 0 Å². The summed E-state index contributed by atoms with van der Waals surface area (Å²) in [6.45, 7) is 3.64. The first-order chi connectivity index (χ1) is 11.0. The molecule has 0 saturated carbocycles. The fourth-order valence-corrected chi connectivity index (χ4v) is 2.00. The van der Waals surface area contributed by atoms with Gasteiger partial charge in [0.25, 0.3) is 11.9 Å². The number of nitrogens with one attached hydrogen (secondary N) is 1. The standard InChI is InChI=1S/C17H19NO5/c1-3-11(2)15(17(20)21)18-16(19)13-9-10-14(23-13)22-12-7-5-4-6-8-12/h4-11,15H,3H2,1-2H3,(H,18,19)(H,20,21). The van der Waals surface area contributed by atoms with Crippen molar-refractivity contribution in [1.82, 2.24) is 5.32 Å². The van der Waals surface area contributed by atoms with Crippen LogP contribution >= 0.6 is 0 Å². The van der Waals surface area contributed by atoms with E-state index in [1.54, 1.807) is 19.1 Å². The van der Waals surface area contributed by atoms with Crippen LogP contribution in [0.3, 0.4) is 0 Å². The first-order valence-electron chi connectivity index (χ1n) is 7.37. The van der Waals surface area contributed by atoms with Crippen LogP contribution in [0.25, 0.3) is 0 Å². The van der Waals surface area contributed by atoms with Gasteiger partial charge >= 0.3 is 5.97 Å². The molecule has 6 heteroatoms. The third-order valence-electron chi connectivity index (χ3n) is 3.53. The van der Waals surface area contributed by atoms with Gasteiger partial charge in [0.05, 0.1) is 0 Å². The zero-order chi connectivity index (χ0) is 16.8. The average molecular weight is 317 g/mol. The number of para-hydroxylation sites is 1. The molecule has 1 heterocycles. The molecule has 2 aromatic rings. The van der Waals surface area contributed by atoms with E-state index in [4.69, 9.17) is 9.15 Å². The Morgan fingerprint density at radius 1 is 1.22 bits per heavy atom. The Morgan fingerprint density at radius 2 is 1.91 bits per heavy atom. The molecule has 2 rings (SSSR count). The molecule has 0 aliphatic carbocycles. The predicted octanol–water partition coefficient (Wildman–Crippen LogP) is 3.30. The van der Waals surface area contributed by atoms with Crippen molar-refractivity contribution in [3.63, 3.8) is 0 Å². The normalized spacial score (nSPS) is 13.1. The quantitative estimate of drug-likeness (QED) is 0.818. The Balaban J connectivity index is 2.04. The van der Waals surface area contributed by atoms with Crippen LogP contribution < -0.4 is 10.1 Å². The van der Waals surface area contributed by atoms with Gasteiger partial charge in [-0.25, -0.2) is 4.79 Å². The molecule has 2 N–H and O–H groups in total. The molecule has 23 heavy (non-hydrogen) atoms. The van der Waals surface area contributed by atoms with E-state index in [-0.39, 0.29) is 17.6 Å². The van der Waals surface area contributed by atoms with Gasteiger partial charge in [-0.05, 0) is 24.1 Å². The second-order valence-electron chi connectivity index (χ2n) is 5.21. The van der Waals surface area contributed by atoms with Crippen LogP contribution in [0.15, 0.2) is 46.9 Å². The van der Waals surface area contributed by atoms with Crippen LogP contribution in [0.2, 0.25) is 0 Å². The fraction of sp³-hybridized carbons (Fsp3) is 0.294. The number of carbonyl (C=O) groups is 2. The van der Waals surface area contributed by atoms with E-state index in [0.717, 1.165) is 0 Å². The molecule has 2 atom stereocenters. The number of aliphatic carboxylic acids is 1. The summed E-state index contributed by atoms with van der Waals surface area (Å²) >= 11 is 0. The van der Waals surface area contributed by atoms with Crippen molar-refractivity contribution in [3.8, 4) is 11.7 Å². The van der Waals surface area contributed by atoms with Gasteiger partial charge in [-0.3, -0.25) is 4.79 Å². The third kappa shape index (κ3) is 4.35. The molecule has 1 amide bonds. The van der Waals surface area contributed by atoms with E-state index in [1.165, 1.54) is 12.1 Å². The highest BCUT2D eigenvalue weighted by Crippen LogP contribution is 2.23. The molecule has 0 saturated heterocycles. The number of hydrogen-bond donors (Lipinski definition) is 2. The number of furan rings is 1. The van der Waals surface area contributed by atoms with Gasteiger partial charge in [0.1, 0.15) is 11.8 Å². The number of amides is 1. The fourth-order valence-electron chi connectivity index (χ4n) is 2.00. The van der Waals surface area contributed by atoms with Gasteiger partial charge in [-0.2, -0.15) is 0 Å². The number of carboxylic acids is 1. The van der Waals surface area contributed by atoms with Gasteiger partial charge in [0, 0.05) is 6.07 Å². The van der Waals surface area contributed by atoms with Crippen LogP contribution in [-0.2, 0) is 4.79 Å². The lowest BCUT2D eigenvalue weighted by atomic mass is 9.99. The summed E-state index contributed by atoms with van der Waals surface area (Å²) in [5.41, 5.74) is 0. The maximum Gasteiger partial charge on any atom is 0.326 e. The van der Waals surface area contributed by atoms with Crippen molar-refractivity contribution in [1.29, 1.82) is 0 Å². The minimum absolute atomic E-state index is 0.00508. The van der Waals surface area contributed by atoms with E-state index in [1.807, 2.05) is 25.1 Å². The molecule has 0 aliphatic rings. The van der Waals surface area contributed by atoms with Crippen LogP contribution in [0.1, 0.15) is 30.8 Å². The number of carbonyl (C=O) groups excluding carboxylic acids is 1. The average Bonchev–Trinajstić information content (AvgIpc) is 3.01. The molecular weight excluding hydrogens is 298 g/mol. The summed E-state index contributed by atoms with van der Waals surface area (Å²) in [6, 6.07) is 11.0. The maximum atomic E-state index is 12.1. The molecule has 0 aliphatic heterocycles. The van der Waals surface area contributed by atoms with Crippen LogP contribution in [0, 0.1) is 5.92 Å². The molecule has 122 valence electrons. The zero-order valence-corrected chi connectivity index (χ0v) is 13.0.